The van der Waals surface area contributed by atoms with Crippen LogP contribution in [0.1, 0.15) is 31.5 Å². The molecule has 0 fully saturated rings. The molecular weight excluding hydrogens is 423 g/mol. The van der Waals surface area contributed by atoms with Gasteiger partial charge in [0.05, 0.1) is 19.9 Å². The van der Waals surface area contributed by atoms with Crippen LogP contribution in [0.25, 0.3) is 0 Å². The predicted octanol–water partition coefficient (Wildman–Crippen LogP) is 4.96. The van der Waals surface area contributed by atoms with E-state index in [0.717, 1.165) is 17.0 Å². The Kier molecular flexibility index (Phi) is 8.18. The lowest BCUT2D eigenvalue weighted by Crippen LogP contribution is -2.33. The van der Waals surface area contributed by atoms with Crippen molar-refractivity contribution in [2.24, 2.45) is 5.92 Å². The summed E-state index contributed by atoms with van der Waals surface area (Å²) >= 11 is 0. The number of hydrogen-bond acceptors (Lipinski definition) is 7. The quantitative estimate of drug-likeness (QED) is 0.421. The molecule has 0 bridgehead atoms. The lowest BCUT2D eigenvalue weighted by Gasteiger charge is -2.19. The molecule has 3 rings (SSSR count). The number of nitrogens with one attached hydrogen (secondary N) is 2. The number of rotatable bonds is 10. The number of ether oxygens (including phenoxy) is 2. The fraction of sp³-hybridized carbons (Fsp3) is 0.320. The maximum Gasteiger partial charge on any atom is 0.328 e. The molecule has 174 valence electrons. The third-order valence-corrected chi connectivity index (χ3v) is 4.92. The minimum Gasteiger partial charge on any atom is -0.497 e. The SMILES string of the molecule is COC(=O)[C@@H](CC(C)C)Nc1nc(Cc2ccc(OC)cc2)cc(Nc2cccc(F)c2)n1. The van der Waals surface area contributed by atoms with Crippen LogP contribution in [0.2, 0.25) is 0 Å². The highest BCUT2D eigenvalue weighted by Gasteiger charge is 2.22. The highest BCUT2D eigenvalue weighted by molar-refractivity contribution is 5.78. The van der Waals surface area contributed by atoms with E-state index in [1.54, 1.807) is 25.3 Å². The third kappa shape index (κ3) is 7.17. The van der Waals surface area contributed by atoms with Crippen LogP contribution in [0.15, 0.2) is 54.6 Å². The summed E-state index contributed by atoms with van der Waals surface area (Å²) in [6.45, 7) is 4.05. The Bertz CT molecular complexity index is 1070. The summed E-state index contributed by atoms with van der Waals surface area (Å²) in [4.78, 5) is 21.4. The van der Waals surface area contributed by atoms with Crippen molar-refractivity contribution in [3.63, 3.8) is 0 Å². The summed E-state index contributed by atoms with van der Waals surface area (Å²) in [6.07, 6.45) is 1.09. The van der Waals surface area contributed by atoms with Crippen LogP contribution in [-0.4, -0.2) is 36.2 Å². The second-order valence-electron chi connectivity index (χ2n) is 8.08. The minimum absolute atomic E-state index is 0.258. The summed E-state index contributed by atoms with van der Waals surface area (Å²) in [7, 11) is 2.98. The first-order valence-electron chi connectivity index (χ1n) is 10.7. The summed E-state index contributed by atoms with van der Waals surface area (Å²) in [5, 5.41) is 6.23. The minimum atomic E-state index is -0.590. The molecule has 0 unspecified atom stereocenters. The molecular formula is C25H29FN4O3. The van der Waals surface area contributed by atoms with Crippen LogP contribution in [0.5, 0.6) is 5.75 Å². The molecule has 3 aromatic rings. The largest absolute Gasteiger partial charge is 0.497 e. The van der Waals surface area contributed by atoms with Crippen molar-refractivity contribution in [3.05, 3.63) is 71.7 Å². The average molecular weight is 453 g/mol. The summed E-state index contributed by atoms with van der Waals surface area (Å²) in [5.41, 5.74) is 2.32. The van der Waals surface area contributed by atoms with Crippen LogP contribution >= 0.6 is 0 Å². The number of anilines is 3. The molecule has 7 nitrogen and oxygen atoms in total. The Labute approximate surface area is 193 Å². The number of halogens is 1. The van der Waals surface area contributed by atoms with Gasteiger partial charge in [-0.15, -0.1) is 0 Å². The Balaban J connectivity index is 1.92. The zero-order valence-corrected chi connectivity index (χ0v) is 19.3. The van der Waals surface area contributed by atoms with Gasteiger partial charge >= 0.3 is 5.97 Å². The fourth-order valence-electron chi connectivity index (χ4n) is 3.37. The number of methoxy groups -OCH3 is 2. The van der Waals surface area contributed by atoms with Gasteiger partial charge in [-0.05, 0) is 48.2 Å². The van der Waals surface area contributed by atoms with Crippen molar-refractivity contribution in [1.82, 2.24) is 9.97 Å². The molecule has 33 heavy (non-hydrogen) atoms. The number of carbonyl (C=O) groups excluding carboxylic acids is 1. The van der Waals surface area contributed by atoms with Gasteiger partial charge < -0.3 is 20.1 Å². The smallest absolute Gasteiger partial charge is 0.328 e. The van der Waals surface area contributed by atoms with Crippen molar-refractivity contribution in [2.45, 2.75) is 32.7 Å². The van der Waals surface area contributed by atoms with Crippen LogP contribution < -0.4 is 15.4 Å². The normalized spacial score (nSPS) is 11.7. The lowest BCUT2D eigenvalue weighted by molar-refractivity contribution is -0.141. The molecule has 1 aromatic heterocycles. The van der Waals surface area contributed by atoms with Gasteiger partial charge in [-0.25, -0.2) is 14.2 Å². The highest BCUT2D eigenvalue weighted by atomic mass is 19.1. The van der Waals surface area contributed by atoms with E-state index in [2.05, 4.69) is 20.6 Å². The Morgan fingerprint density at radius 3 is 2.45 bits per heavy atom. The summed E-state index contributed by atoms with van der Waals surface area (Å²) < 4.78 is 23.8. The van der Waals surface area contributed by atoms with Gasteiger partial charge in [0.1, 0.15) is 23.4 Å². The number of carbonyl (C=O) groups is 1. The second-order valence-corrected chi connectivity index (χ2v) is 8.08. The van der Waals surface area contributed by atoms with E-state index in [1.165, 1.54) is 19.2 Å². The molecule has 1 heterocycles. The van der Waals surface area contributed by atoms with E-state index < -0.39 is 6.04 Å². The second kappa shape index (κ2) is 11.3. The number of esters is 1. The average Bonchev–Trinajstić information content (AvgIpc) is 2.78. The Morgan fingerprint density at radius 2 is 1.82 bits per heavy atom. The van der Waals surface area contributed by atoms with Crippen molar-refractivity contribution < 1.29 is 18.7 Å². The monoisotopic (exact) mass is 452 g/mol. The zero-order chi connectivity index (χ0) is 23.8. The van der Waals surface area contributed by atoms with Crippen molar-refractivity contribution in [3.8, 4) is 5.75 Å². The Hall–Kier alpha value is -3.68. The first-order valence-corrected chi connectivity index (χ1v) is 10.7. The maximum atomic E-state index is 13.7. The van der Waals surface area contributed by atoms with Crippen molar-refractivity contribution in [2.75, 3.05) is 24.9 Å². The molecule has 0 aliphatic rings. The van der Waals surface area contributed by atoms with E-state index >= 15 is 0 Å². The van der Waals surface area contributed by atoms with E-state index in [1.807, 2.05) is 38.1 Å². The van der Waals surface area contributed by atoms with E-state index in [4.69, 9.17) is 9.47 Å². The predicted molar refractivity (Wildman–Crippen MR) is 126 cm³/mol. The first kappa shape index (κ1) is 24.0. The lowest BCUT2D eigenvalue weighted by atomic mass is 10.0. The molecule has 0 amide bonds. The molecule has 0 spiro atoms. The standard InChI is InChI=1S/C25H29FN4O3/c1-16(2)12-22(24(31)33-4)29-25-28-20(13-17-8-10-21(32-3)11-9-17)15-23(30-25)27-19-7-5-6-18(26)14-19/h5-11,14-16,22H,12-13H2,1-4H3,(H2,27,28,29,30)/t22-/m1/s1. The van der Waals surface area contributed by atoms with E-state index in [-0.39, 0.29) is 23.7 Å². The third-order valence-electron chi connectivity index (χ3n) is 4.92. The molecule has 0 aliphatic heterocycles. The molecule has 0 saturated carbocycles. The molecule has 0 radical (unpaired) electrons. The highest BCUT2D eigenvalue weighted by Crippen LogP contribution is 2.21. The first-order chi connectivity index (χ1) is 15.9. The van der Waals surface area contributed by atoms with Gasteiger partial charge in [-0.3, -0.25) is 0 Å². The topological polar surface area (TPSA) is 85.4 Å². The molecule has 1 atom stereocenters. The molecule has 0 saturated heterocycles. The van der Waals surface area contributed by atoms with Gasteiger partial charge in [-0.2, -0.15) is 4.98 Å². The van der Waals surface area contributed by atoms with E-state index in [9.17, 15) is 9.18 Å². The number of nitrogens with zero attached hydrogens (tertiary/aromatic N) is 2. The molecule has 2 aromatic carbocycles. The van der Waals surface area contributed by atoms with Gasteiger partial charge in [0.2, 0.25) is 5.95 Å². The van der Waals surface area contributed by atoms with Gasteiger partial charge in [0, 0.05) is 18.2 Å². The van der Waals surface area contributed by atoms with E-state index in [0.29, 0.717) is 24.3 Å². The summed E-state index contributed by atoms with van der Waals surface area (Å²) in [5.74, 6) is 1.06. The molecule has 0 aliphatic carbocycles. The zero-order valence-electron chi connectivity index (χ0n) is 19.3. The number of benzene rings is 2. The maximum absolute atomic E-state index is 13.7. The Morgan fingerprint density at radius 1 is 1.06 bits per heavy atom. The fourth-order valence-corrected chi connectivity index (χ4v) is 3.37. The van der Waals surface area contributed by atoms with Gasteiger partial charge in [0.15, 0.2) is 0 Å². The van der Waals surface area contributed by atoms with Crippen LogP contribution in [0, 0.1) is 11.7 Å². The number of hydrogen-bond donors (Lipinski definition) is 2. The molecule has 8 heteroatoms. The van der Waals surface area contributed by atoms with Crippen LogP contribution in [-0.2, 0) is 16.0 Å². The number of aromatic nitrogens is 2. The van der Waals surface area contributed by atoms with Crippen LogP contribution in [0.4, 0.5) is 21.8 Å². The van der Waals surface area contributed by atoms with Crippen LogP contribution in [0.3, 0.4) is 0 Å². The molecule has 2 N–H and O–H groups in total. The summed E-state index contributed by atoms with van der Waals surface area (Å²) in [6, 6.07) is 15.0. The van der Waals surface area contributed by atoms with Crippen molar-refractivity contribution >= 4 is 23.4 Å². The van der Waals surface area contributed by atoms with Gasteiger partial charge in [-0.1, -0.05) is 32.0 Å². The van der Waals surface area contributed by atoms with Crippen molar-refractivity contribution in [1.29, 1.82) is 0 Å². The van der Waals surface area contributed by atoms with Gasteiger partial charge in [0.25, 0.3) is 0 Å².